The van der Waals surface area contributed by atoms with E-state index < -0.39 is 11.7 Å². The Morgan fingerprint density at radius 3 is 2.46 bits per heavy atom. The van der Waals surface area contributed by atoms with Crippen LogP contribution in [0.1, 0.15) is 16.8 Å². The minimum Gasteiger partial charge on any atom is -0.275 e. The van der Waals surface area contributed by atoms with Gasteiger partial charge in [0.1, 0.15) is 12.2 Å². The molecule has 4 rings (SSSR count). The smallest absolute Gasteiger partial charge is 0.275 e. The van der Waals surface area contributed by atoms with Crippen molar-refractivity contribution in [2.75, 3.05) is 6.54 Å². The minimum atomic E-state index is -4.40. The predicted molar refractivity (Wildman–Crippen MR) is 95.4 cm³/mol. The van der Waals surface area contributed by atoms with Crippen LogP contribution in [-0.4, -0.2) is 31.3 Å². The molecule has 0 saturated carbocycles. The molecule has 0 unspecified atom stereocenters. The van der Waals surface area contributed by atoms with Crippen LogP contribution < -0.4 is 0 Å². The summed E-state index contributed by atoms with van der Waals surface area (Å²) >= 11 is 0. The molecule has 0 fully saturated rings. The summed E-state index contributed by atoms with van der Waals surface area (Å²) in [6.45, 7) is 8.16. The zero-order valence-electron chi connectivity index (χ0n) is 14.9. The van der Waals surface area contributed by atoms with Crippen molar-refractivity contribution in [1.29, 1.82) is 0 Å². The molecule has 1 aromatic carbocycles. The molecule has 0 N–H and O–H groups in total. The van der Waals surface area contributed by atoms with E-state index in [4.69, 9.17) is 6.57 Å². The summed E-state index contributed by atoms with van der Waals surface area (Å²) in [5.41, 5.74) is 2.71. The van der Waals surface area contributed by atoms with Gasteiger partial charge in [-0.05, 0) is 18.2 Å². The maximum Gasteiger partial charge on any atom is 0.416 e. The number of rotatable bonds is 2. The molecule has 0 amide bonds. The second kappa shape index (κ2) is 6.64. The van der Waals surface area contributed by atoms with Crippen LogP contribution in [0.2, 0.25) is 0 Å². The van der Waals surface area contributed by atoms with Gasteiger partial charge in [-0.2, -0.15) is 29.8 Å². The molecule has 3 heterocycles. The van der Waals surface area contributed by atoms with Gasteiger partial charge >= 0.3 is 6.18 Å². The Bertz CT molecular complexity index is 1060. The van der Waals surface area contributed by atoms with E-state index >= 15 is 0 Å². The minimum absolute atomic E-state index is 0.319. The summed E-state index contributed by atoms with van der Waals surface area (Å²) in [6.07, 6.45) is -1.99. The van der Waals surface area contributed by atoms with Crippen LogP contribution in [-0.2, 0) is 26.2 Å². The molecular formula is C19H15F3N6. The number of hydrogen-bond donors (Lipinski definition) is 0. The Kier molecular flexibility index (Phi) is 4.26. The molecule has 28 heavy (non-hydrogen) atoms. The fraction of sp³-hybridized carbons (Fsp3) is 0.263. The lowest BCUT2D eigenvalue weighted by Crippen LogP contribution is -2.26. The molecule has 0 spiro atoms. The van der Waals surface area contributed by atoms with Gasteiger partial charge in [-0.1, -0.05) is 12.1 Å². The number of nitrogens with zero attached hydrogens (tertiary/aromatic N) is 6. The van der Waals surface area contributed by atoms with Gasteiger partial charge in [0.2, 0.25) is 0 Å². The topological polar surface area (TPSA) is 51.2 Å². The Balaban J connectivity index is 1.83. The lowest BCUT2D eigenvalue weighted by Gasteiger charge is -2.21. The van der Waals surface area contributed by atoms with Gasteiger partial charge in [-0.25, -0.2) is 9.97 Å². The molecule has 6 nitrogen and oxygen atoms in total. The molecule has 0 aliphatic carbocycles. The number of fused-ring (bicyclic) bond motifs is 1. The van der Waals surface area contributed by atoms with E-state index in [1.54, 1.807) is 22.9 Å². The lowest BCUT2D eigenvalue weighted by molar-refractivity contribution is -0.137. The van der Waals surface area contributed by atoms with Gasteiger partial charge in [0.05, 0.1) is 23.5 Å². The molecule has 0 radical (unpaired) electrons. The van der Waals surface area contributed by atoms with E-state index in [1.807, 2.05) is 6.07 Å². The maximum atomic E-state index is 12.8. The van der Waals surface area contributed by atoms with E-state index in [-0.39, 0.29) is 0 Å². The standard InChI is InChI=1S/C19H15F3N6/c1-23-28-10-7-14-16(11-28)24-18(25-17(14)15-8-9-27(2)26-15)12-3-5-13(6-4-12)19(20,21)22/h3-6,8-9H,7,10-11H2,2H3. The monoisotopic (exact) mass is 384 g/mol. The van der Waals surface area contributed by atoms with Gasteiger partial charge in [-0.15, -0.1) is 5.01 Å². The van der Waals surface area contributed by atoms with E-state index in [0.29, 0.717) is 48.0 Å². The highest BCUT2D eigenvalue weighted by Crippen LogP contribution is 2.32. The summed E-state index contributed by atoms with van der Waals surface area (Å²) in [4.78, 5) is 12.6. The largest absolute Gasteiger partial charge is 0.416 e. The van der Waals surface area contributed by atoms with E-state index in [2.05, 4.69) is 20.0 Å². The second-order valence-electron chi connectivity index (χ2n) is 6.51. The third kappa shape index (κ3) is 3.29. The number of aromatic nitrogens is 4. The highest BCUT2D eigenvalue weighted by atomic mass is 19.4. The quantitative estimate of drug-likeness (QED) is 0.632. The lowest BCUT2D eigenvalue weighted by atomic mass is 10.0. The van der Waals surface area contributed by atoms with Gasteiger partial charge in [0.25, 0.3) is 0 Å². The first-order chi connectivity index (χ1) is 13.3. The number of hydrogen-bond acceptors (Lipinski definition) is 4. The summed E-state index contributed by atoms with van der Waals surface area (Å²) in [5.74, 6) is 0.319. The Hall–Kier alpha value is -3.41. The summed E-state index contributed by atoms with van der Waals surface area (Å²) in [6, 6.07) is 6.60. The molecule has 0 saturated heterocycles. The van der Waals surface area contributed by atoms with E-state index in [0.717, 1.165) is 17.7 Å². The van der Waals surface area contributed by atoms with Crippen LogP contribution in [0.25, 0.3) is 27.7 Å². The number of alkyl halides is 3. The van der Waals surface area contributed by atoms with Crippen molar-refractivity contribution in [3.05, 3.63) is 64.9 Å². The normalized spacial score (nSPS) is 13.9. The fourth-order valence-electron chi connectivity index (χ4n) is 3.19. The third-order valence-corrected chi connectivity index (χ3v) is 4.61. The van der Waals surface area contributed by atoms with Crippen LogP contribution in [0.4, 0.5) is 13.2 Å². The summed E-state index contributed by atoms with van der Waals surface area (Å²) in [7, 11) is 1.80. The fourth-order valence-corrected chi connectivity index (χ4v) is 3.19. The van der Waals surface area contributed by atoms with Gasteiger partial charge < -0.3 is 0 Å². The van der Waals surface area contributed by atoms with Gasteiger partial charge in [-0.3, -0.25) is 4.68 Å². The van der Waals surface area contributed by atoms with E-state index in [1.165, 1.54) is 12.1 Å². The first-order valence-corrected chi connectivity index (χ1v) is 8.55. The molecule has 1 aliphatic heterocycles. The number of halogens is 3. The Morgan fingerprint density at radius 1 is 1.11 bits per heavy atom. The van der Waals surface area contributed by atoms with Crippen LogP contribution >= 0.6 is 0 Å². The van der Waals surface area contributed by atoms with Crippen molar-refractivity contribution < 1.29 is 13.2 Å². The third-order valence-electron chi connectivity index (χ3n) is 4.61. The molecule has 142 valence electrons. The Labute approximate surface area is 159 Å². The first-order valence-electron chi connectivity index (χ1n) is 8.55. The number of aryl methyl sites for hydroxylation is 1. The SMILES string of the molecule is [C-]#[N+]N1CCc2c(nc(-c3ccc(C(F)(F)F)cc3)nc2-c2ccn(C)n2)C1. The predicted octanol–water partition coefficient (Wildman–Crippen LogP) is 3.76. The average molecular weight is 384 g/mol. The van der Waals surface area contributed by atoms with Crippen molar-refractivity contribution in [3.8, 4) is 22.8 Å². The maximum absolute atomic E-state index is 12.8. The molecule has 3 aromatic rings. The number of benzene rings is 1. The highest BCUT2D eigenvalue weighted by Gasteiger charge is 2.30. The van der Waals surface area contributed by atoms with Crippen LogP contribution in [0.15, 0.2) is 36.5 Å². The molecule has 0 atom stereocenters. The van der Waals surface area contributed by atoms with Crippen LogP contribution in [0.3, 0.4) is 0 Å². The van der Waals surface area contributed by atoms with Crippen molar-refractivity contribution in [1.82, 2.24) is 24.8 Å². The van der Waals surface area contributed by atoms with E-state index in [9.17, 15) is 13.2 Å². The van der Waals surface area contributed by atoms with Gasteiger partial charge in [0, 0.05) is 30.8 Å². The molecule has 0 bridgehead atoms. The molecule has 9 heteroatoms. The van der Waals surface area contributed by atoms with Crippen molar-refractivity contribution >= 4 is 0 Å². The van der Waals surface area contributed by atoms with Crippen LogP contribution in [0.5, 0.6) is 0 Å². The highest BCUT2D eigenvalue weighted by molar-refractivity contribution is 5.65. The van der Waals surface area contributed by atoms with Gasteiger partial charge in [0.15, 0.2) is 5.82 Å². The molecule has 1 aliphatic rings. The van der Waals surface area contributed by atoms with Crippen molar-refractivity contribution in [3.63, 3.8) is 0 Å². The summed E-state index contributed by atoms with van der Waals surface area (Å²) in [5, 5.41) is 5.99. The molecular weight excluding hydrogens is 369 g/mol. The molecule has 2 aromatic heterocycles. The summed E-state index contributed by atoms with van der Waals surface area (Å²) < 4.78 is 40.2. The zero-order valence-corrected chi connectivity index (χ0v) is 14.9. The zero-order chi connectivity index (χ0) is 19.9. The van der Waals surface area contributed by atoms with Crippen molar-refractivity contribution in [2.45, 2.75) is 19.1 Å². The Morgan fingerprint density at radius 2 is 1.86 bits per heavy atom. The van der Waals surface area contributed by atoms with Crippen molar-refractivity contribution in [2.24, 2.45) is 7.05 Å². The average Bonchev–Trinajstić information content (AvgIpc) is 3.12. The second-order valence-corrected chi connectivity index (χ2v) is 6.51. The van der Waals surface area contributed by atoms with Crippen LogP contribution in [0, 0.1) is 6.57 Å². The first kappa shape index (κ1) is 18.0.